The normalized spacial score (nSPS) is 15.7. The highest BCUT2D eigenvalue weighted by Gasteiger charge is 2.10. The number of hydrogen-bond acceptors (Lipinski definition) is 3. The van der Waals surface area contributed by atoms with E-state index in [1.54, 1.807) is 14.2 Å². The third-order valence-electron chi connectivity index (χ3n) is 1.94. The molecule has 0 rings (SSSR count). The molecule has 0 saturated heterocycles. The molecule has 2 atom stereocenters. The van der Waals surface area contributed by atoms with Crippen molar-refractivity contribution >= 4 is 0 Å². The largest absolute Gasteiger partial charge is 0.383 e. The Hall–Kier alpha value is -0.120. The summed E-state index contributed by atoms with van der Waals surface area (Å²) < 4.78 is 10.2. The average molecular weight is 189 g/mol. The lowest BCUT2D eigenvalue weighted by Gasteiger charge is -2.21. The topological polar surface area (TPSA) is 30.5 Å². The second-order valence-electron chi connectivity index (χ2n) is 3.46. The Morgan fingerprint density at radius 1 is 1.15 bits per heavy atom. The summed E-state index contributed by atoms with van der Waals surface area (Å²) in [4.78, 5) is 0. The van der Waals surface area contributed by atoms with E-state index in [1.165, 1.54) is 6.42 Å². The fourth-order valence-corrected chi connectivity index (χ4v) is 1.46. The van der Waals surface area contributed by atoms with Gasteiger partial charge in [-0.2, -0.15) is 0 Å². The molecular weight excluding hydrogens is 166 g/mol. The number of methoxy groups -OCH3 is 2. The van der Waals surface area contributed by atoms with Crippen LogP contribution in [0.25, 0.3) is 0 Å². The SMILES string of the molecule is CCCC(COC)NC(C)COC. The molecule has 0 fully saturated rings. The predicted octanol–water partition coefficient (Wildman–Crippen LogP) is 1.43. The van der Waals surface area contributed by atoms with Gasteiger partial charge >= 0.3 is 0 Å². The molecule has 0 saturated carbocycles. The second-order valence-corrected chi connectivity index (χ2v) is 3.46. The van der Waals surface area contributed by atoms with Crippen molar-refractivity contribution in [3.63, 3.8) is 0 Å². The Kier molecular flexibility index (Phi) is 8.40. The molecule has 13 heavy (non-hydrogen) atoms. The van der Waals surface area contributed by atoms with Crippen LogP contribution in [0.5, 0.6) is 0 Å². The minimum absolute atomic E-state index is 0.400. The third kappa shape index (κ3) is 6.99. The van der Waals surface area contributed by atoms with Crippen LogP contribution >= 0.6 is 0 Å². The summed E-state index contributed by atoms with van der Waals surface area (Å²) in [5.41, 5.74) is 0. The Balaban J connectivity index is 3.64. The van der Waals surface area contributed by atoms with Crippen LogP contribution in [0.1, 0.15) is 26.7 Å². The molecule has 0 aromatic rings. The molecule has 0 aliphatic carbocycles. The summed E-state index contributed by atoms with van der Waals surface area (Å²) in [5, 5.41) is 3.47. The van der Waals surface area contributed by atoms with Gasteiger partial charge < -0.3 is 14.8 Å². The van der Waals surface area contributed by atoms with Crippen molar-refractivity contribution in [2.24, 2.45) is 0 Å². The van der Waals surface area contributed by atoms with Gasteiger partial charge in [-0.1, -0.05) is 13.3 Å². The van der Waals surface area contributed by atoms with Crippen LogP contribution < -0.4 is 5.32 Å². The van der Waals surface area contributed by atoms with Crippen molar-refractivity contribution in [2.75, 3.05) is 27.4 Å². The minimum Gasteiger partial charge on any atom is -0.383 e. The van der Waals surface area contributed by atoms with Gasteiger partial charge in [0.25, 0.3) is 0 Å². The maximum Gasteiger partial charge on any atom is 0.0615 e. The minimum atomic E-state index is 0.400. The molecular formula is C10H23NO2. The van der Waals surface area contributed by atoms with E-state index in [-0.39, 0.29) is 0 Å². The Morgan fingerprint density at radius 2 is 1.77 bits per heavy atom. The lowest BCUT2D eigenvalue weighted by atomic mass is 10.1. The van der Waals surface area contributed by atoms with Crippen LogP contribution in [0.15, 0.2) is 0 Å². The molecule has 0 spiro atoms. The van der Waals surface area contributed by atoms with Crippen LogP contribution in [0.3, 0.4) is 0 Å². The Labute approximate surface area is 81.8 Å². The zero-order valence-electron chi connectivity index (χ0n) is 9.30. The van der Waals surface area contributed by atoms with Crippen molar-refractivity contribution < 1.29 is 9.47 Å². The molecule has 0 aromatic heterocycles. The van der Waals surface area contributed by atoms with Gasteiger partial charge in [0.05, 0.1) is 13.2 Å². The molecule has 2 unspecified atom stereocenters. The van der Waals surface area contributed by atoms with Crippen molar-refractivity contribution in [1.82, 2.24) is 5.32 Å². The molecule has 0 radical (unpaired) electrons. The quantitative estimate of drug-likeness (QED) is 0.626. The summed E-state index contributed by atoms with van der Waals surface area (Å²) in [5.74, 6) is 0. The van der Waals surface area contributed by atoms with E-state index >= 15 is 0 Å². The average Bonchev–Trinajstić information content (AvgIpc) is 2.05. The lowest BCUT2D eigenvalue weighted by molar-refractivity contribution is 0.131. The monoisotopic (exact) mass is 189 g/mol. The van der Waals surface area contributed by atoms with Crippen LogP contribution in [0.2, 0.25) is 0 Å². The van der Waals surface area contributed by atoms with Gasteiger partial charge in [-0.15, -0.1) is 0 Å². The molecule has 80 valence electrons. The highest BCUT2D eigenvalue weighted by Crippen LogP contribution is 1.99. The first-order valence-electron chi connectivity index (χ1n) is 4.98. The molecule has 0 aliphatic rings. The van der Waals surface area contributed by atoms with E-state index in [0.717, 1.165) is 19.6 Å². The molecule has 0 heterocycles. The van der Waals surface area contributed by atoms with E-state index in [0.29, 0.717) is 12.1 Å². The fourth-order valence-electron chi connectivity index (χ4n) is 1.46. The zero-order valence-corrected chi connectivity index (χ0v) is 9.30. The van der Waals surface area contributed by atoms with Gasteiger partial charge in [0.1, 0.15) is 0 Å². The van der Waals surface area contributed by atoms with Crippen molar-refractivity contribution in [1.29, 1.82) is 0 Å². The van der Waals surface area contributed by atoms with Crippen molar-refractivity contribution in [3.05, 3.63) is 0 Å². The number of hydrogen-bond donors (Lipinski definition) is 1. The highest BCUT2D eigenvalue weighted by molar-refractivity contribution is 4.70. The first kappa shape index (κ1) is 12.9. The highest BCUT2D eigenvalue weighted by atomic mass is 16.5. The van der Waals surface area contributed by atoms with E-state index in [9.17, 15) is 0 Å². The lowest BCUT2D eigenvalue weighted by Crippen LogP contribution is -2.41. The molecule has 1 N–H and O–H groups in total. The number of rotatable bonds is 8. The molecule has 0 bridgehead atoms. The smallest absolute Gasteiger partial charge is 0.0615 e. The van der Waals surface area contributed by atoms with Crippen LogP contribution in [-0.4, -0.2) is 39.5 Å². The van der Waals surface area contributed by atoms with Gasteiger partial charge in [0.2, 0.25) is 0 Å². The van der Waals surface area contributed by atoms with Crippen molar-refractivity contribution in [3.8, 4) is 0 Å². The van der Waals surface area contributed by atoms with Crippen LogP contribution in [-0.2, 0) is 9.47 Å². The number of ether oxygens (including phenoxy) is 2. The molecule has 0 amide bonds. The molecule has 3 heteroatoms. The zero-order chi connectivity index (χ0) is 10.1. The second kappa shape index (κ2) is 8.48. The Morgan fingerprint density at radius 3 is 2.23 bits per heavy atom. The summed E-state index contributed by atoms with van der Waals surface area (Å²) in [7, 11) is 3.47. The first-order valence-corrected chi connectivity index (χ1v) is 4.98. The first-order chi connectivity index (χ1) is 6.24. The Bertz CT molecular complexity index is 103. The van der Waals surface area contributed by atoms with E-state index in [1.807, 2.05) is 0 Å². The fraction of sp³-hybridized carbons (Fsp3) is 1.00. The van der Waals surface area contributed by atoms with Gasteiger partial charge in [-0.25, -0.2) is 0 Å². The predicted molar refractivity (Wildman–Crippen MR) is 55.0 cm³/mol. The number of nitrogens with one attached hydrogen (secondary N) is 1. The standard InChI is InChI=1S/C10H23NO2/c1-5-6-10(8-13-4)11-9(2)7-12-3/h9-11H,5-8H2,1-4H3. The maximum atomic E-state index is 5.13. The molecule has 3 nitrogen and oxygen atoms in total. The molecule has 0 aliphatic heterocycles. The third-order valence-corrected chi connectivity index (χ3v) is 1.94. The summed E-state index contributed by atoms with van der Waals surface area (Å²) in [6.45, 7) is 5.85. The molecule has 0 aromatic carbocycles. The van der Waals surface area contributed by atoms with Gasteiger partial charge in [-0.05, 0) is 13.3 Å². The van der Waals surface area contributed by atoms with Gasteiger partial charge in [0, 0.05) is 26.3 Å². The van der Waals surface area contributed by atoms with E-state index < -0.39 is 0 Å². The summed E-state index contributed by atoms with van der Waals surface area (Å²) in [6.07, 6.45) is 2.34. The van der Waals surface area contributed by atoms with Gasteiger partial charge in [0.15, 0.2) is 0 Å². The van der Waals surface area contributed by atoms with Gasteiger partial charge in [-0.3, -0.25) is 0 Å². The van der Waals surface area contributed by atoms with E-state index in [4.69, 9.17) is 9.47 Å². The summed E-state index contributed by atoms with van der Waals surface area (Å²) >= 11 is 0. The van der Waals surface area contributed by atoms with Crippen LogP contribution in [0.4, 0.5) is 0 Å². The summed E-state index contributed by atoms with van der Waals surface area (Å²) in [6, 6.07) is 0.858. The van der Waals surface area contributed by atoms with Crippen LogP contribution in [0, 0.1) is 0 Å². The van der Waals surface area contributed by atoms with E-state index in [2.05, 4.69) is 19.2 Å². The maximum absolute atomic E-state index is 5.13. The van der Waals surface area contributed by atoms with Crippen molar-refractivity contribution in [2.45, 2.75) is 38.8 Å².